The van der Waals surface area contributed by atoms with Gasteiger partial charge in [0.2, 0.25) is 0 Å². The van der Waals surface area contributed by atoms with E-state index in [-0.39, 0.29) is 0 Å². The Morgan fingerprint density at radius 2 is 2.10 bits per heavy atom. The minimum atomic E-state index is 0.768. The molecular formula is C15H21N5. The summed E-state index contributed by atoms with van der Waals surface area (Å²) in [5.74, 6) is 1.62. The molecule has 1 aliphatic rings. The molecule has 2 aromatic rings. The van der Waals surface area contributed by atoms with E-state index < -0.39 is 0 Å². The highest BCUT2D eigenvalue weighted by Crippen LogP contribution is 2.29. The summed E-state index contributed by atoms with van der Waals surface area (Å²) in [7, 11) is 0. The standard InChI is InChI=1S/C15H21N5/c1-11-5-4-8-13(14(11)16)15-17-18-19-20(15)10-9-12-6-2-3-7-12/h4-5,8,12H,2-3,6-7,9-10,16H2,1H3. The zero-order chi connectivity index (χ0) is 13.9. The third-order valence-electron chi connectivity index (χ3n) is 4.32. The molecule has 1 aliphatic carbocycles. The fourth-order valence-corrected chi connectivity index (χ4v) is 3.03. The van der Waals surface area contributed by atoms with Gasteiger partial charge in [0.05, 0.1) is 0 Å². The van der Waals surface area contributed by atoms with Gasteiger partial charge in [-0.15, -0.1) is 5.10 Å². The molecule has 5 nitrogen and oxygen atoms in total. The van der Waals surface area contributed by atoms with E-state index >= 15 is 0 Å². The van der Waals surface area contributed by atoms with Crippen LogP contribution in [0.1, 0.15) is 37.7 Å². The van der Waals surface area contributed by atoms with Gasteiger partial charge < -0.3 is 5.73 Å². The lowest BCUT2D eigenvalue weighted by Crippen LogP contribution is -2.08. The molecule has 0 saturated heterocycles. The van der Waals surface area contributed by atoms with Crippen LogP contribution in [0.2, 0.25) is 0 Å². The fraction of sp³-hybridized carbons (Fsp3) is 0.533. The van der Waals surface area contributed by atoms with Crippen LogP contribution in [-0.2, 0) is 6.54 Å². The van der Waals surface area contributed by atoms with Crippen molar-refractivity contribution in [3.63, 3.8) is 0 Å². The molecule has 1 aromatic heterocycles. The fourth-order valence-electron chi connectivity index (χ4n) is 3.03. The van der Waals surface area contributed by atoms with Gasteiger partial charge in [-0.2, -0.15) is 0 Å². The van der Waals surface area contributed by atoms with Gasteiger partial charge in [-0.3, -0.25) is 0 Å². The van der Waals surface area contributed by atoms with Crippen LogP contribution in [0, 0.1) is 12.8 Å². The van der Waals surface area contributed by atoms with Crippen LogP contribution in [0.5, 0.6) is 0 Å². The summed E-state index contributed by atoms with van der Waals surface area (Å²) in [5, 5.41) is 12.1. The van der Waals surface area contributed by atoms with E-state index in [4.69, 9.17) is 5.73 Å². The molecule has 1 heterocycles. The highest BCUT2D eigenvalue weighted by atomic mass is 15.5. The molecule has 2 N–H and O–H groups in total. The Bertz CT molecular complexity index is 584. The zero-order valence-electron chi connectivity index (χ0n) is 11.9. The SMILES string of the molecule is Cc1cccc(-c2nnnn2CCC2CCCC2)c1N. The summed E-state index contributed by atoms with van der Waals surface area (Å²) in [6.45, 7) is 2.88. The maximum Gasteiger partial charge on any atom is 0.184 e. The second kappa shape index (κ2) is 5.61. The lowest BCUT2D eigenvalue weighted by molar-refractivity contribution is 0.436. The molecule has 1 aromatic carbocycles. The van der Waals surface area contributed by atoms with Crippen molar-refractivity contribution < 1.29 is 0 Å². The largest absolute Gasteiger partial charge is 0.398 e. The monoisotopic (exact) mass is 271 g/mol. The normalized spacial score (nSPS) is 15.8. The minimum Gasteiger partial charge on any atom is -0.398 e. The highest BCUT2D eigenvalue weighted by Gasteiger charge is 2.17. The van der Waals surface area contributed by atoms with Crippen LogP contribution >= 0.6 is 0 Å². The molecular weight excluding hydrogens is 250 g/mol. The van der Waals surface area contributed by atoms with E-state index in [0.717, 1.165) is 41.5 Å². The summed E-state index contributed by atoms with van der Waals surface area (Å²) in [6, 6.07) is 5.99. The van der Waals surface area contributed by atoms with Crippen molar-refractivity contribution in [2.75, 3.05) is 5.73 Å². The molecule has 0 atom stereocenters. The molecule has 0 radical (unpaired) electrons. The van der Waals surface area contributed by atoms with Gasteiger partial charge in [-0.25, -0.2) is 4.68 Å². The van der Waals surface area contributed by atoms with E-state index in [9.17, 15) is 0 Å². The summed E-state index contributed by atoms with van der Waals surface area (Å²) in [5.41, 5.74) is 8.91. The van der Waals surface area contributed by atoms with Crippen LogP contribution in [-0.4, -0.2) is 20.2 Å². The summed E-state index contributed by atoms with van der Waals surface area (Å²) in [4.78, 5) is 0. The van der Waals surface area contributed by atoms with Gasteiger partial charge in [-0.05, 0) is 41.3 Å². The van der Waals surface area contributed by atoms with Crippen molar-refractivity contribution in [3.8, 4) is 11.4 Å². The average Bonchev–Trinajstić information content (AvgIpc) is 3.10. The van der Waals surface area contributed by atoms with Crippen LogP contribution < -0.4 is 5.73 Å². The molecule has 0 aliphatic heterocycles. The van der Waals surface area contributed by atoms with Crippen molar-refractivity contribution in [2.24, 2.45) is 5.92 Å². The smallest absolute Gasteiger partial charge is 0.184 e. The number of aryl methyl sites for hydroxylation is 2. The molecule has 1 fully saturated rings. The number of nitrogen functional groups attached to an aromatic ring is 1. The maximum atomic E-state index is 6.15. The Morgan fingerprint density at radius 1 is 1.30 bits per heavy atom. The van der Waals surface area contributed by atoms with Crippen LogP contribution in [0.3, 0.4) is 0 Å². The number of tetrazole rings is 1. The van der Waals surface area contributed by atoms with Crippen molar-refractivity contribution >= 4 is 5.69 Å². The van der Waals surface area contributed by atoms with E-state index in [0.29, 0.717) is 0 Å². The first-order valence-electron chi connectivity index (χ1n) is 7.37. The topological polar surface area (TPSA) is 69.6 Å². The van der Waals surface area contributed by atoms with Gasteiger partial charge in [0.15, 0.2) is 5.82 Å². The number of benzene rings is 1. The quantitative estimate of drug-likeness (QED) is 0.868. The first kappa shape index (κ1) is 13.1. The van der Waals surface area contributed by atoms with Crippen molar-refractivity contribution in [1.29, 1.82) is 0 Å². The Morgan fingerprint density at radius 3 is 2.90 bits per heavy atom. The molecule has 1 saturated carbocycles. The predicted molar refractivity (Wildman–Crippen MR) is 79.0 cm³/mol. The van der Waals surface area contributed by atoms with Gasteiger partial charge in [0, 0.05) is 17.8 Å². The number of anilines is 1. The van der Waals surface area contributed by atoms with Gasteiger partial charge >= 0.3 is 0 Å². The number of nitrogens with two attached hydrogens (primary N) is 1. The summed E-state index contributed by atoms with van der Waals surface area (Å²) in [6.07, 6.45) is 6.60. The molecule has 0 spiro atoms. The van der Waals surface area contributed by atoms with Crippen LogP contribution in [0.4, 0.5) is 5.69 Å². The number of rotatable bonds is 4. The molecule has 20 heavy (non-hydrogen) atoms. The Kier molecular flexibility index (Phi) is 3.67. The number of hydrogen-bond donors (Lipinski definition) is 1. The summed E-state index contributed by atoms with van der Waals surface area (Å²) >= 11 is 0. The second-order valence-corrected chi connectivity index (χ2v) is 5.70. The van der Waals surface area contributed by atoms with Gasteiger partial charge in [0.1, 0.15) is 0 Å². The third kappa shape index (κ3) is 2.53. The number of para-hydroxylation sites is 1. The van der Waals surface area contributed by atoms with Crippen molar-refractivity contribution in [2.45, 2.75) is 45.6 Å². The van der Waals surface area contributed by atoms with Crippen LogP contribution in [0.15, 0.2) is 18.2 Å². The molecule has 5 heteroatoms. The van der Waals surface area contributed by atoms with Gasteiger partial charge in [-0.1, -0.05) is 37.8 Å². The Balaban J connectivity index is 1.80. The van der Waals surface area contributed by atoms with E-state index in [1.165, 1.54) is 25.7 Å². The first-order valence-corrected chi connectivity index (χ1v) is 7.37. The molecule has 0 bridgehead atoms. The number of aromatic nitrogens is 4. The second-order valence-electron chi connectivity index (χ2n) is 5.70. The molecule has 0 amide bonds. The molecule has 106 valence electrons. The Labute approximate surface area is 119 Å². The van der Waals surface area contributed by atoms with Gasteiger partial charge in [0.25, 0.3) is 0 Å². The zero-order valence-corrected chi connectivity index (χ0v) is 11.9. The molecule has 3 rings (SSSR count). The lowest BCUT2D eigenvalue weighted by atomic mass is 10.0. The lowest BCUT2D eigenvalue weighted by Gasteiger charge is -2.11. The first-order chi connectivity index (χ1) is 9.75. The molecule has 0 unspecified atom stereocenters. The van der Waals surface area contributed by atoms with E-state index in [1.54, 1.807) is 0 Å². The predicted octanol–water partition coefficient (Wildman–Crippen LogP) is 2.81. The highest BCUT2D eigenvalue weighted by molar-refractivity contribution is 5.73. The third-order valence-corrected chi connectivity index (χ3v) is 4.32. The van der Waals surface area contributed by atoms with E-state index in [2.05, 4.69) is 15.5 Å². The van der Waals surface area contributed by atoms with Crippen molar-refractivity contribution in [3.05, 3.63) is 23.8 Å². The van der Waals surface area contributed by atoms with Crippen LogP contribution in [0.25, 0.3) is 11.4 Å². The number of hydrogen-bond acceptors (Lipinski definition) is 4. The number of nitrogens with zero attached hydrogens (tertiary/aromatic N) is 4. The average molecular weight is 271 g/mol. The minimum absolute atomic E-state index is 0.768. The Hall–Kier alpha value is -1.91. The van der Waals surface area contributed by atoms with E-state index in [1.807, 2.05) is 29.8 Å². The summed E-state index contributed by atoms with van der Waals surface area (Å²) < 4.78 is 1.89. The maximum absolute atomic E-state index is 6.15. The van der Waals surface area contributed by atoms with Crippen molar-refractivity contribution in [1.82, 2.24) is 20.2 Å².